The van der Waals surface area contributed by atoms with Gasteiger partial charge in [-0.3, -0.25) is 4.79 Å². The average Bonchev–Trinajstić information content (AvgIpc) is 2.77. The number of rotatable bonds is 5. The van der Waals surface area contributed by atoms with Crippen molar-refractivity contribution < 1.29 is 4.79 Å². The van der Waals surface area contributed by atoms with Crippen molar-refractivity contribution in [3.63, 3.8) is 0 Å². The fourth-order valence-electron chi connectivity index (χ4n) is 1.04. The van der Waals surface area contributed by atoms with Crippen LogP contribution in [0, 0.1) is 22.7 Å². The first-order valence-electron chi connectivity index (χ1n) is 4.83. The maximum Gasteiger partial charge on any atom is 0.286 e. The highest BCUT2D eigenvalue weighted by Gasteiger charge is 2.19. The van der Waals surface area contributed by atoms with E-state index in [4.69, 9.17) is 10.5 Å². The van der Waals surface area contributed by atoms with Gasteiger partial charge in [0, 0.05) is 6.54 Å². The van der Waals surface area contributed by atoms with Gasteiger partial charge in [0.15, 0.2) is 0 Å². The van der Waals surface area contributed by atoms with Crippen LogP contribution in [0.2, 0.25) is 0 Å². The van der Waals surface area contributed by atoms with Crippen LogP contribution >= 0.6 is 11.3 Å². The molecule has 1 N–H and O–H groups in total. The van der Waals surface area contributed by atoms with E-state index in [9.17, 15) is 4.79 Å². The normalized spacial score (nSPS) is 9.12. The predicted molar refractivity (Wildman–Crippen MR) is 61.2 cm³/mol. The first-order chi connectivity index (χ1) is 8.22. The molecule has 0 saturated carbocycles. The van der Waals surface area contributed by atoms with Crippen molar-refractivity contribution in [3.05, 3.63) is 5.01 Å². The van der Waals surface area contributed by atoms with E-state index < -0.39 is 5.91 Å². The SMILES string of the molecule is CCNc1nnc(C(=O)N(CC#N)CC#N)s1. The van der Waals surface area contributed by atoms with Crippen LogP contribution in [-0.2, 0) is 0 Å². The average molecular weight is 250 g/mol. The molecule has 0 radical (unpaired) electrons. The number of hydrogen-bond donors (Lipinski definition) is 1. The van der Waals surface area contributed by atoms with E-state index in [-0.39, 0.29) is 18.1 Å². The molecule has 0 aromatic carbocycles. The number of anilines is 1. The maximum absolute atomic E-state index is 11.8. The number of hydrogen-bond acceptors (Lipinski definition) is 7. The Kier molecular flexibility index (Phi) is 4.85. The molecule has 0 bridgehead atoms. The van der Waals surface area contributed by atoms with Gasteiger partial charge in [0.2, 0.25) is 10.1 Å². The lowest BCUT2D eigenvalue weighted by molar-refractivity contribution is 0.0793. The van der Waals surface area contributed by atoms with E-state index in [0.29, 0.717) is 11.7 Å². The Morgan fingerprint density at radius 3 is 2.59 bits per heavy atom. The summed E-state index contributed by atoms with van der Waals surface area (Å²) in [6, 6.07) is 3.66. The number of carbonyl (C=O) groups excluding carboxylic acids is 1. The van der Waals surface area contributed by atoms with Crippen molar-refractivity contribution in [1.82, 2.24) is 15.1 Å². The van der Waals surface area contributed by atoms with E-state index in [1.807, 2.05) is 19.1 Å². The lowest BCUT2D eigenvalue weighted by atomic mass is 10.4. The Morgan fingerprint density at radius 1 is 1.41 bits per heavy atom. The van der Waals surface area contributed by atoms with E-state index in [1.54, 1.807) is 0 Å². The Balaban J connectivity index is 2.79. The minimum absolute atomic E-state index is 0.136. The standard InChI is InChI=1S/C9H10N6OS/c1-2-12-9-14-13-7(17-9)8(16)15(5-3-10)6-4-11/h2,5-6H2,1H3,(H,12,14). The van der Waals surface area contributed by atoms with Crippen LogP contribution in [0.25, 0.3) is 0 Å². The van der Waals surface area contributed by atoms with Crippen LogP contribution in [0.4, 0.5) is 5.13 Å². The molecule has 0 spiro atoms. The number of carbonyl (C=O) groups is 1. The number of nitrogens with zero attached hydrogens (tertiary/aromatic N) is 5. The van der Waals surface area contributed by atoms with Crippen LogP contribution in [0.3, 0.4) is 0 Å². The quantitative estimate of drug-likeness (QED) is 0.761. The monoisotopic (exact) mass is 250 g/mol. The summed E-state index contributed by atoms with van der Waals surface area (Å²) < 4.78 is 0. The van der Waals surface area contributed by atoms with Crippen molar-refractivity contribution in [2.24, 2.45) is 0 Å². The third-order valence-electron chi connectivity index (χ3n) is 1.75. The summed E-state index contributed by atoms with van der Waals surface area (Å²) in [6.07, 6.45) is 0. The molecule has 0 aliphatic heterocycles. The number of amides is 1. The molecule has 0 fully saturated rings. The molecule has 0 aliphatic carbocycles. The number of aromatic nitrogens is 2. The minimum Gasteiger partial charge on any atom is -0.360 e. The van der Waals surface area contributed by atoms with Gasteiger partial charge in [-0.2, -0.15) is 10.5 Å². The molecule has 8 heteroatoms. The van der Waals surface area contributed by atoms with Crippen molar-refractivity contribution in [2.45, 2.75) is 6.92 Å². The Hall–Kier alpha value is -2.19. The smallest absolute Gasteiger partial charge is 0.286 e. The molecule has 0 aliphatic rings. The molecule has 0 unspecified atom stereocenters. The lowest BCUT2D eigenvalue weighted by Gasteiger charge is -2.12. The highest BCUT2D eigenvalue weighted by molar-refractivity contribution is 7.17. The highest BCUT2D eigenvalue weighted by Crippen LogP contribution is 2.16. The zero-order chi connectivity index (χ0) is 12.7. The van der Waals surface area contributed by atoms with Gasteiger partial charge >= 0.3 is 0 Å². The molecule has 1 heterocycles. The van der Waals surface area contributed by atoms with E-state index >= 15 is 0 Å². The predicted octanol–water partition coefficient (Wildman–Crippen LogP) is 0.459. The summed E-state index contributed by atoms with van der Waals surface area (Å²) in [6.45, 7) is 2.31. The molecular formula is C9H10N6OS. The molecule has 1 amide bonds. The largest absolute Gasteiger partial charge is 0.360 e. The molecule has 17 heavy (non-hydrogen) atoms. The van der Waals surface area contributed by atoms with E-state index in [1.165, 1.54) is 0 Å². The van der Waals surface area contributed by atoms with Crippen LogP contribution in [0.15, 0.2) is 0 Å². The van der Waals surface area contributed by atoms with Crippen LogP contribution in [0.5, 0.6) is 0 Å². The topological polar surface area (TPSA) is 106 Å². The second kappa shape index (κ2) is 6.40. The van der Waals surface area contributed by atoms with Crippen molar-refractivity contribution >= 4 is 22.4 Å². The van der Waals surface area contributed by atoms with Gasteiger partial charge in [0.05, 0.1) is 12.1 Å². The van der Waals surface area contributed by atoms with E-state index in [0.717, 1.165) is 16.2 Å². The molecule has 1 aromatic heterocycles. The van der Waals surface area contributed by atoms with Crippen molar-refractivity contribution in [1.29, 1.82) is 10.5 Å². The molecular weight excluding hydrogens is 240 g/mol. The molecule has 88 valence electrons. The number of nitrogens with one attached hydrogen (secondary N) is 1. The molecule has 1 rings (SSSR count). The lowest BCUT2D eigenvalue weighted by Crippen LogP contribution is -2.31. The zero-order valence-corrected chi connectivity index (χ0v) is 9.99. The van der Waals surface area contributed by atoms with Crippen LogP contribution in [0.1, 0.15) is 16.7 Å². The fraction of sp³-hybridized carbons (Fsp3) is 0.444. The third-order valence-corrected chi connectivity index (χ3v) is 2.62. The van der Waals surface area contributed by atoms with Crippen LogP contribution < -0.4 is 5.32 Å². The van der Waals surface area contributed by atoms with Gasteiger partial charge in [-0.15, -0.1) is 10.2 Å². The summed E-state index contributed by atoms with van der Waals surface area (Å²) >= 11 is 1.10. The molecule has 1 aromatic rings. The Labute approximate surface area is 102 Å². The summed E-state index contributed by atoms with van der Waals surface area (Å²) in [5.74, 6) is -0.449. The molecule has 7 nitrogen and oxygen atoms in total. The van der Waals surface area contributed by atoms with Gasteiger partial charge in [-0.25, -0.2) is 0 Å². The first kappa shape index (κ1) is 12.9. The van der Waals surface area contributed by atoms with E-state index in [2.05, 4.69) is 15.5 Å². The molecule has 0 saturated heterocycles. The van der Waals surface area contributed by atoms with Gasteiger partial charge in [-0.05, 0) is 6.92 Å². The van der Waals surface area contributed by atoms with Gasteiger partial charge < -0.3 is 10.2 Å². The fourth-order valence-corrected chi connectivity index (χ4v) is 1.82. The van der Waals surface area contributed by atoms with Gasteiger partial charge in [0.25, 0.3) is 5.91 Å². The first-order valence-corrected chi connectivity index (χ1v) is 5.65. The summed E-state index contributed by atoms with van der Waals surface area (Å²) in [4.78, 5) is 13.0. The van der Waals surface area contributed by atoms with Crippen LogP contribution in [-0.4, -0.2) is 40.6 Å². The maximum atomic E-state index is 11.8. The summed E-state index contributed by atoms with van der Waals surface area (Å²) in [7, 11) is 0. The Morgan fingerprint density at radius 2 is 2.06 bits per heavy atom. The minimum atomic E-state index is -0.449. The van der Waals surface area contributed by atoms with Crippen molar-refractivity contribution in [2.75, 3.05) is 25.0 Å². The highest BCUT2D eigenvalue weighted by atomic mass is 32.1. The summed E-state index contributed by atoms with van der Waals surface area (Å²) in [5.41, 5.74) is 0. The van der Waals surface area contributed by atoms with Crippen molar-refractivity contribution in [3.8, 4) is 12.1 Å². The second-order valence-electron chi connectivity index (χ2n) is 2.92. The molecule has 0 atom stereocenters. The zero-order valence-electron chi connectivity index (χ0n) is 9.17. The number of nitriles is 2. The van der Waals surface area contributed by atoms with Gasteiger partial charge in [0.1, 0.15) is 13.1 Å². The second-order valence-corrected chi connectivity index (χ2v) is 3.90. The summed E-state index contributed by atoms with van der Waals surface area (Å²) in [5, 5.41) is 28.2. The Bertz CT molecular complexity index is 455. The van der Waals surface area contributed by atoms with Gasteiger partial charge in [-0.1, -0.05) is 11.3 Å². The third kappa shape index (κ3) is 3.40.